The van der Waals surface area contributed by atoms with Crippen LogP contribution in [0.2, 0.25) is 0 Å². The van der Waals surface area contributed by atoms with Crippen LogP contribution >= 0.6 is 11.3 Å². The zero-order valence-corrected chi connectivity index (χ0v) is 14.9. The van der Waals surface area contributed by atoms with Crippen molar-refractivity contribution in [2.75, 3.05) is 25.9 Å². The number of rotatable bonds is 9. The molecule has 0 saturated heterocycles. The minimum Gasteiger partial charge on any atom is -0.213 e. The van der Waals surface area contributed by atoms with Gasteiger partial charge in [-0.15, -0.1) is 11.3 Å². The second-order valence-electron chi connectivity index (χ2n) is 5.17. The summed E-state index contributed by atoms with van der Waals surface area (Å²) in [6.07, 6.45) is 1.88. The molecular weight excluding hydrogens is 332 g/mol. The number of thiophene rings is 1. The monoisotopic (exact) mass is 354 g/mol. The third kappa shape index (κ3) is 6.43. The number of nitrogens with one attached hydrogen (secondary N) is 1. The minimum absolute atomic E-state index is 0.0609. The van der Waals surface area contributed by atoms with Gasteiger partial charge < -0.3 is 0 Å². The maximum Gasteiger partial charge on any atom is 0.250 e. The van der Waals surface area contributed by atoms with Crippen LogP contribution in [0.1, 0.15) is 20.3 Å². The lowest BCUT2D eigenvalue weighted by atomic mass is 10.1. The SMILES string of the molecule is CC(C)CCN(CCNS(=O)(=O)c1cccs1)S(C)(=O)=O. The lowest BCUT2D eigenvalue weighted by molar-refractivity contribution is 0.385. The summed E-state index contributed by atoms with van der Waals surface area (Å²) < 4.78 is 51.2. The summed E-state index contributed by atoms with van der Waals surface area (Å²) in [6.45, 7) is 4.62. The predicted molar refractivity (Wildman–Crippen MR) is 85.4 cm³/mol. The van der Waals surface area contributed by atoms with Crippen LogP contribution in [0.5, 0.6) is 0 Å². The van der Waals surface area contributed by atoms with Crippen molar-refractivity contribution >= 4 is 31.4 Å². The first-order valence-electron chi connectivity index (χ1n) is 6.61. The number of hydrogen-bond donors (Lipinski definition) is 1. The smallest absolute Gasteiger partial charge is 0.213 e. The Bertz CT molecular complexity index is 621. The minimum atomic E-state index is -3.54. The fourth-order valence-electron chi connectivity index (χ4n) is 1.64. The van der Waals surface area contributed by atoms with E-state index in [1.54, 1.807) is 11.4 Å². The highest BCUT2D eigenvalue weighted by atomic mass is 32.2. The fraction of sp³-hybridized carbons (Fsp3) is 0.667. The topological polar surface area (TPSA) is 83.6 Å². The molecule has 0 radical (unpaired) electrons. The van der Waals surface area contributed by atoms with E-state index in [0.29, 0.717) is 12.5 Å². The molecule has 1 rings (SSSR count). The van der Waals surface area contributed by atoms with Gasteiger partial charge in [0.2, 0.25) is 20.0 Å². The zero-order valence-electron chi connectivity index (χ0n) is 12.4. The summed E-state index contributed by atoms with van der Waals surface area (Å²) in [7, 11) is -6.87. The van der Waals surface area contributed by atoms with Crippen LogP contribution in [0.25, 0.3) is 0 Å². The Morgan fingerprint density at radius 3 is 2.38 bits per heavy atom. The van der Waals surface area contributed by atoms with Crippen LogP contribution in [0.3, 0.4) is 0 Å². The molecule has 1 N–H and O–H groups in total. The molecule has 9 heteroatoms. The van der Waals surface area contributed by atoms with Crippen molar-refractivity contribution in [2.45, 2.75) is 24.5 Å². The molecule has 0 spiro atoms. The summed E-state index contributed by atoms with van der Waals surface area (Å²) in [5.41, 5.74) is 0. The molecule has 6 nitrogen and oxygen atoms in total. The molecule has 21 heavy (non-hydrogen) atoms. The van der Waals surface area contributed by atoms with Crippen molar-refractivity contribution in [1.82, 2.24) is 9.03 Å². The van der Waals surface area contributed by atoms with Crippen molar-refractivity contribution in [1.29, 1.82) is 0 Å². The first-order valence-corrected chi connectivity index (χ1v) is 10.8. The van der Waals surface area contributed by atoms with E-state index in [2.05, 4.69) is 4.72 Å². The lowest BCUT2D eigenvalue weighted by Gasteiger charge is -2.20. The number of hydrogen-bond acceptors (Lipinski definition) is 5. The second kappa shape index (κ2) is 7.68. The van der Waals surface area contributed by atoms with E-state index in [1.807, 2.05) is 13.8 Å². The molecule has 0 aliphatic heterocycles. The molecule has 0 aromatic carbocycles. The molecular formula is C12H22N2O4S3. The molecule has 0 amide bonds. The van der Waals surface area contributed by atoms with Gasteiger partial charge in [-0.25, -0.2) is 25.9 Å². The van der Waals surface area contributed by atoms with Gasteiger partial charge in [0.05, 0.1) is 6.26 Å². The highest BCUT2D eigenvalue weighted by Gasteiger charge is 2.19. The average molecular weight is 355 g/mol. The summed E-state index contributed by atoms with van der Waals surface area (Å²) >= 11 is 1.13. The van der Waals surface area contributed by atoms with Crippen LogP contribution in [0.15, 0.2) is 21.7 Å². The van der Waals surface area contributed by atoms with Crippen LogP contribution < -0.4 is 4.72 Å². The summed E-state index contributed by atoms with van der Waals surface area (Å²) in [4.78, 5) is 0. The van der Waals surface area contributed by atoms with Crippen molar-refractivity contribution in [3.63, 3.8) is 0 Å². The predicted octanol–water partition coefficient (Wildman–Crippen LogP) is 1.33. The van der Waals surface area contributed by atoms with Gasteiger partial charge >= 0.3 is 0 Å². The van der Waals surface area contributed by atoms with Crippen molar-refractivity contribution in [3.05, 3.63) is 17.5 Å². The van der Waals surface area contributed by atoms with Crippen LogP contribution in [-0.4, -0.2) is 47.0 Å². The molecule has 0 atom stereocenters. The van der Waals surface area contributed by atoms with Gasteiger partial charge in [0.15, 0.2) is 0 Å². The van der Waals surface area contributed by atoms with Crippen molar-refractivity contribution < 1.29 is 16.8 Å². The van der Waals surface area contributed by atoms with E-state index in [9.17, 15) is 16.8 Å². The zero-order chi connectivity index (χ0) is 16.1. The van der Waals surface area contributed by atoms with Gasteiger partial charge in [0, 0.05) is 19.6 Å². The Morgan fingerprint density at radius 2 is 1.90 bits per heavy atom. The molecule has 122 valence electrons. The molecule has 1 heterocycles. The Hall–Kier alpha value is -0.480. The normalized spacial score (nSPS) is 13.2. The largest absolute Gasteiger partial charge is 0.250 e. The molecule has 0 unspecified atom stereocenters. The Labute approximate surface area is 131 Å². The van der Waals surface area contributed by atoms with E-state index >= 15 is 0 Å². The Kier molecular flexibility index (Phi) is 6.79. The molecule has 0 aliphatic carbocycles. The van der Waals surface area contributed by atoms with Crippen LogP contribution in [0, 0.1) is 5.92 Å². The molecule has 0 fully saturated rings. The summed E-state index contributed by atoms with van der Waals surface area (Å²) in [6, 6.07) is 3.17. The van der Waals surface area contributed by atoms with Crippen molar-refractivity contribution in [2.24, 2.45) is 5.92 Å². The fourth-order valence-corrected chi connectivity index (χ4v) is 4.56. The summed E-state index contributed by atoms with van der Waals surface area (Å²) in [5, 5.41) is 1.68. The van der Waals surface area contributed by atoms with Gasteiger partial charge in [0.1, 0.15) is 4.21 Å². The maximum absolute atomic E-state index is 11.9. The Morgan fingerprint density at radius 1 is 1.24 bits per heavy atom. The van der Waals surface area contributed by atoms with E-state index < -0.39 is 20.0 Å². The first-order chi connectivity index (χ1) is 9.63. The van der Waals surface area contributed by atoms with E-state index in [1.165, 1.54) is 10.4 Å². The van der Waals surface area contributed by atoms with Crippen LogP contribution in [0.4, 0.5) is 0 Å². The first kappa shape index (κ1) is 18.6. The van der Waals surface area contributed by atoms with Gasteiger partial charge in [-0.1, -0.05) is 19.9 Å². The standard InChI is InChI=1S/C12H22N2O4S3/c1-11(2)6-8-14(20(3,15)16)9-7-13-21(17,18)12-5-4-10-19-12/h4-5,10-11,13H,6-9H2,1-3H3. The molecule has 0 aliphatic rings. The average Bonchev–Trinajstić information content (AvgIpc) is 2.85. The third-order valence-corrected chi connectivity index (χ3v) is 7.00. The van der Waals surface area contributed by atoms with Gasteiger partial charge in [-0.05, 0) is 23.8 Å². The molecule has 0 saturated carbocycles. The quantitative estimate of drug-likeness (QED) is 0.725. The third-order valence-electron chi connectivity index (χ3n) is 2.84. The van der Waals surface area contributed by atoms with Crippen molar-refractivity contribution in [3.8, 4) is 0 Å². The molecule has 0 bridgehead atoms. The lowest BCUT2D eigenvalue weighted by Crippen LogP contribution is -2.38. The van der Waals surface area contributed by atoms with Gasteiger partial charge in [0.25, 0.3) is 0 Å². The van der Waals surface area contributed by atoms with Crippen LogP contribution in [-0.2, 0) is 20.0 Å². The number of sulfonamides is 2. The molecule has 1 aromatic rings. The molecule has 1 aromatic heterocycles. The maximum atomic E-state index is 11.9. The van der Waals surface area contributed by atoms with E-state index in [4.69, 9.17) is 0 Å². The summed E-state index contributed by atoms with van der Waals surface area (Å²) in [5.74, 6) is 0.386. The van der Waals surface area contributed by atoms with E-state index in [-0.39, 0.29) is 17.3 Å². The Balaban J connectivity index is 2.58. The highest BCUT2D eigenvalue weighted by molar-refractivity contribution is 7.91. The van der Waals surface area contributed by atoms with E-state index in [0.717, 1.165) is 24.0 Å². The number of nitrogens with zero attached hydrogens (tertiary/aromatic N) is 1. The second-order valence-corrected chi connectivity index (χ2v) is 10.1. The van der Waals surface area contributed by atoms with Gasteiger partial charge in [-0.2, -0.15) is 0 Å². The highest BCUT2D eigenvalue weighted by Crippen LogP contribution is 2.15. The van der Waals surface area contributed by atoms with Gasteiger partial charge in [-0.3, -0.25) is 0 Å².